The summed E-state index contributed by atoms with van der Waals surface area (Å²) in [6, 6.07) is 0. The van der Waals surface area contributed by atoms with Crippen molar-refractivity contribution in [3.63, 3.8) is 0 Å². The molecule has 9 aromatic rings. The normalized spacial score (nSPS) is 16.3. The summed E-state index contributed by atoms with van der Waals surface area (Å²) in [6.07, 6.45) is 16.2. The highest BCUT2D eigenvalue weighted by atomic mass is 16.6. The van der Waals surface area contributed by atoms with Crippen LogP contribution in [-0.2, 0) is 261 Å². The minimum absolute atomic E-state index is 0.0123. The number of hydrogen-bond donors (Lipinski definition) is 1. The van der Waals surface area contributed by atoms with Crippen LogP contribution in [0.2, 0.25) is 0 Å². The number of carbonyl (C=O) groups is 11. The topological polar surface area (TPSA) is 663 Å². The summed E-state index contributed by atoms with van der Waals surface area (Å²) < 4.78 is 121. The number of allylic oxidation sites excluding steroid dienone is 2. The number of rotatable bonds is 76. The molecule has 59 nitrogen and oxygen atoms in total. The SMILES string of the molecule is CC(=O)O[C@@H](COCc1cn(C[C@H](COCc2cn(C[C@H](COCc3cn(C[C@H](COCc4cn(C[C@H](COCc5cn(C[C@H](COCc6cn(C[C@H](COCc7cn(C[C@H](COCc8cn(CCOCCOCCOCCO)nn8)OC(C)=O)nn7)OC(C)=O)nn6)OC(C)=O)nn5)OC(C)=O)nn4)OC(C)=O)nn3)OC(C)=O)nn2)OC(C)=O)nn1)Cn1cc(CCC(=O)CCCCCN2C(=O)C3C4C=CC(C4)C3C2=O)nn1. The van der Waals surface area contributed by atoms with E-state index in [0.29, 0.717) is 129 Å². The summed E-state index contributed by atoms with van der Waals surface area (Å²) in [5.74, 6) is -4.61. The van der Waals surface area contributed by atoms with Gasteiger partial charge >= 0.3 is 47.8 Å². The smallest absolute Gasteiger partial charge is 0.303 e. The molecule has 0 radical (unpaired) electrons. The summed E-state index contributed by atoms with van der Waals surface area (Å²) in [7, 11) is 0. The number of aryl methyl sites for hydroxylation is 1. The second-order valence-corrected chi connectivity index (χ2v) is 35.6. The lowest BCUT2D eigenvalue weighted by atomic mass is 9.85. The van der Waals surface area contributed by atoms with Gasteiger partial charge in [-0.2, -0.15) is 0 Å². The molecule has 150 heavy (non-hydrogen) atoms. The lowest BCUT2D eigenvalue weighted by Gasteiger charge is -2.17. The highest BCUT2D eigenvalue weighted by molar-refractivity contribution is 6.06. The molecule has 59 heteroatoms. The second kappa shape index (κ2) is 60.7. The van der Waals surface area contributed by atoms with Gasteiger partial charge < -0.3 is 95.1 Å². The molecular weight excluding hydrogens is 1980 g/mol. The predicted octanol–water partition coefficient (Wildman–Crippen LogP) is -0.891. The lowest BCUT2D eigenvalue weighted by Crippen LogP contribution is -2.33. The Morgan fingerprint density at radius 2 is 0.507 bits per heavy atom. The van der Waals surface area contributed by atoms with Crippen LogP contribution in [0.25, 0.3) is 0 Å². The molecule has 2 fully saturated rings. The van der Waals surface area contributed by atoms with Crippen LogP contribution in [0.3, 0.4) is 0 Å². The van der Waals surface area contributed by atoms with Crippen LogP contribution in [0, 0.1) is 23.7 Å². The highest BCUT2D eigenvalue weighted by Gasteiger charge is 2.59. The van der Waals surface area contributed by atoms with Crippen molar-refractivity contribution in [3.8, 4) is 0 Å². The number of aliphatic hydroxyl groups is 1. The fourth-order valence-corrected chi connectivity index (χ4v) is 16.5. The quantitative estimate of drug-likeness (QED) is 0.0159. The van der Waals surface area contributed by atoms with E-state index in [4.69, 9.17) is 95.1 Å². The molecule has 12 atom stereocenters. The van der Waals surface area contributed by atoms with Gasteiger partial charge in [-0.15, -0.1) is 45.9 Å². The van der Waals surface area contributed by atoms with Crippen LogP contribution in [0.15, 0.2) is 67.9 Å². The second-order valence-electron chi connectivity index (χ2n) is 35.6. The third-order valence-electron chi connectivity index (χ3n) is 22.5. The van der Waals surface area contributed by atoms with Gasteiger partial charge in [-0.3, -0.25) is 57.6 Å². The molecule has 1 saturated heterocycles. The molecule has 9 aromatic heterocycles. The van der Waals surface area contributed by atoms with Gasteiger partial charge in [0.25, 0.3) is 0 Å². The first-order valence-electron chi connectivity index (χ1n) is 48.9. The van der Waals surface area contributed by atoms with Gasteiger partial charge in [-0.05, 0) is 37.5 Å². The van der Waals surface area contributed by atoms with Crippen LogP contribution >= 0.6 is 0 Å². The number of hydrogen-bond acceptors (Lipinski definition) is 49. The van der Waals surface area contributed by atoms with Gasteiger partial charge in [0, 0.05) is 81.0 Å². The van der Waals surface area contributed by atoms with Gasteiger partial charge in [0.05, 0.1) is 278 Å². The minimum Gasteiger partial charge on any atom is -0.458 e. The molecule has 0 spiro atoms. The number of fused-ring (bicyclic) bond motifs is 5. The predicted molar refractivity (Wildman–Crippen MR) is 498 cm³/mol. The van der Waals surface area contributed by atoms with E-state index in [1.165, 1.54) is 97.7 Å². The number of imide groups is 1. The number of esters is 8. The van der Waals surface area contributed by atoms with Crippen LogP contribution in [0.1, 0.15) is 145 Å². The molecule has 0 aromatic carbocycles. The van der Waals surface area contributed by atoms with E-state index in [9.17, 15) is 52.7 Å². The number of carbonyl (C=O) groups excluding carboxylic acids is 11. The molecule has 4 unspecified atom stereocenters. The number of unbranched alkanes of at least 4 members (excludes halogenated alkanes) is 2. The molecule has 1 aliphatic heterocycles. The van der Waals surface area contributed by atoms with Crippen molar-refractivity contribution in [1.29, 1.82) is 0 Å². The van der Waals surface area contributed by atoms with Gasteiger partial charge in [0.1, 0.15) is 100 Å². The zero-order valence-corrected chi connectivity index (χ0v) is 84.8. The number of aromatic nitrogens is 27. The monoisotopic (exact) mass is 2110 g/mol. The molecule has 2 bridgehead atoms. The van der Waals surface area contributed by atoms with Gasteiger partial charge in [-0.25, -0.2) is 42.1 Å². The van der Waals surface area contributed by atoms with Crippen LogP contribution in [0.5, 0.6) is 0 Å². The van der Waals surface area contributed by atoms with E-state index in [0.717, 1.165) is 6.42 Å². The molecular formula is C91H128N28O31. The Balaban J connectivity index is 0.499. The van der Waals surface area contributed by atoms with E-state index in [1.54, 1.807) is 60.5 Å². The lowest BCUT2D eigenvalue weighted by molar-refractivity contribution is -0.151. The van der Waals surface area contributed by atoms with E-state index in [2.05, 4.69) is 105 Å². The number of aliphatic hydroxyl groups excluding tert-OH is 1. The Morgan fingerprint density at radius 3 is 0.760 bits per heavy atom. The number of likely N-dealkylation sites (tertiary alicyclic amines) is 1. The zero-order chi connectivity index (χ0) is 106. The summed E-state index contributed by atoms with van der Waals surface area (Å²) in [4.78, 5) is 138. The van der Waals surface area contributed by atoms with E-state index >= 15 is 0 Å². The molecule has 1 saturated carbocycles. The average Bonchev–Trinajstić information content (AvgIpc) is 1.57. The standard InChI is InChI=1S/C91H128N28O31/c1-60(121)143-80(36-111-27-70(92-102-111)15-16-79(129)12-10-9-11-17-119-90(130)88-68-13-14-69(26-68)89(88)91(119)131)52-136-45-72-29-113(104-94-72)38-82(145-62(3)123)54-138-47-74-31-115(106-96-74)40-84(147-64(5)125)56-140-49-76-33-117(108-98-76)42-86(149-66(7)127)58-142-51-78-35-118(109-100-78)43-87(150-67(8)128)59-141-50-77-34-116(107-99-77)41-85(148-65(6)126)57-139-48-75-32-114(105-97-75)39-83(146-63(4)124)55-137-46-73-30-112(103-95-73)37-81(144-61(2)122)53-135-44-71-28-110(101-93-71)18-20-132-22-24-134-25-23-133-21-19-120/h13-14,27-35,68-69,80-89,120H,9-12,15-26,36-59H2,1-8H3/t68?,69?,80-,81-,82-,83-,84-,85-,86-,87-,88?,89?/m1/s1. The summed E-state index contributed by atoms with van der Waals surface area (Å²) >= 11 is 0. The third kappa shape index (κ3) is 40.9. The number of amides is 2. The van der Waals surface area contributed by atoms with Crippen LogP contribution in [0.4, 0.5) is 0 Å². The van der Waals surface area contributed by atoms with Crippen molar-refractivity contribution in [2.45, 2.75) is 261 Å². The van der Waals surface area contributed by atoms with Crippen LogP contribution in [-0.4, -0.2) is 365 Å². The molecule has 1 N–H and O–H groups in total. The van der Waals surface area contributed by atoms with E-state index < -0.39 is 96.6 Å². The Morgan fingerprint density at radius 1 is 0.280 bits per heavy atom. The fraction of sp³-hybridized carbons (Fsp3) is 0.659. The van der Waals surface area contributed by atoms with Gasteiger partial charge in [0.2, 0.25) is 11.8 Å². The maximum Gasteiger partial charge on any atom is 0.303 e. The number of Topliss-reactive ketones (excluding diaryl/α,β-unsaturated/α-hetero) is 1. The zero-order valence-electron chi connectivity index (χ0n) is 84.8. The summed E-state index contributed by atoms with van der Waals surface area (Å²) in [5.41, 5.74) is 3.97. The number of ketones is 1. The van der Waals surface area contributed by atoms with Gasteiger partial charge in [0.15, 0.2) is 0 Å². The third-order valence-corrected chi connectivity index (χ3v) is 22.5. The van der Waals surface area contributed by atoms with Crippen molar-refractivity contribution in [2.75, 3.05) is 106 Å². The van der Waals surface area contributed by atoms with Gasteiger partial charge in [-0.1, -0.05) is 65.5 Å². The molecule has 12 rings (SSSR count). The Hall–Kier alpha value is -13.9. The molecule has 818 valence electrons. The fourth-order valence-electron chi connectivity index (χ4n) is 16.5. The Bertz CT molecular complexity index is 5720. The first-order chi connectivity index (χ1) is 72.5. The molecule has 10 heterocycles. The summed E-state index contributed by atoms with van der Waals surface area (Å²) in [6.45, 7) is 12.8. The van der Waals surface area contributed by atoms with Crippen molar-refractivity contribution in [2.24, 2.45) is 23.7 Å². The van der Waals surface area contributed by atoms with Crippen LogP contribution < -0.4 is 0 Å². The van der Waals surface area contributed by atoms with E-state index in [1.807, 2.05) is 0 Å². The van der Waals surface area contributed by atoms with Crippen molar-refractivity contribution in [1.82, 2.24) is 140 Å². The largest absolute Gasteiger partial charge is 0.458 e. The maximum atomic E-state index is 13.0. The molecule has 2 aliphatic carbocycles. The molecule has 2 amide bonds. The van der Waals surface area contributed by atoms with E-state index in [-0.39, 0.29) is 219 Å². The van der Waals surface area contributed by atoms with Crippen molar-refractivity contribution >= 4 is 65.4 Å². The Kier molecular flexibility index (Phi) is 46.4. The maximum absolute atomic E-state index is 13.0. The number of nitrogens with zero attached hydrogens (tertiary/aromatic N) is 28. The van der Waals surface area contributed by atoms with Crippen molar-refractivity contribution < 1.29 is 148 Å². The molecule has 3 aliphatic rings. The number of ether oxygens (including phenoxy) is 19. The average molecular weight is 2110 g/mol. The van der Waals surface area contributed by atoms with Crippen molar-refractivity contribution in [3.05, 3.63) is 119 Å². The first kappa shape index (κ1) is 115. The minimum atomic E-state index is -0.838. The first-order valence-corrected chi connectivity index (χ1v) is 48.9. The summed E-state index contributed by atoms with van der Waals surface area (Å²) in [5, 5.41) is 83.8. The Labute approximate surface area is 858 Å². The highest BCUT2D eigenvalue weighted by Crippen LogP contribution is 2.52.